The highest BCUT2D eigenvalue weighted by molar-refractivity contribution is 5.95. The molecule has 0 aliphatic heterocycles. The fraction of sp³-hybridized carbons (Fsp3) is 0.422. The summed E-state index contributed by atoms with van der Waals surface area (Å²) in [5, 5.41) is 5.75. The van der Waals surface area contributed by atoms with Crippen molar-refractivity contribution < 1.29 is 66.7 Å². The minimum atomic E-state index is -1.17. The van der Waals surface area contributed by atoms with Crippen LogP contribution in [0.2, 0.25) is 0 Å². The lowest BCUT2D eigenvalue weighted by molar-refractivity contribution is -0.147. The Kier molecular flexibility index (Phi) is 32.5. The Morgan fingerprint density at radius 2 is 0.926 bits per heavy atom. The Bertz CT molecular complexity index is 2580. The molecule has 0 spiro atoms. The molecule has 0 aliphatic carbocycles. The van der Waals surface area contributed by atoms with E-state index in [9.17, 15) is 33.6 Å². The summed E-state index contributed by atoms with van der Waals surface area (Å²) in [6.45, 7) is 5.31. The van der Waals surface area contributed by atoms with Crippen molar-refractivity contribution in [3.63, 3.8) is 0 Å². The number of benzene rings is 5. The van der Waals surface area contributed by atoms with Gasteiger partial charge in [0.25, 0.3) is 0 Å². The van der Waals surface area contributed by atoms with Crippen LogP contribution in [0.1, 0.15) is 86.1 Å². The Morgan fingerprint density at radius 3 is 1.44 bits per heavy atom. The summed E-state index contributed by atoms with van der Waals surface area (Å²) in [6, 6.07) is 42.0. The minimum Gasteiger partial charge on any atom is -0.489 e. The largest absolute Gasteiger partial charge is 0.489 e. The number of methoxy groups -OCH3 is 2. The van der Waals surface area contributed by atoms with E-state index in [1.807, 2.05) is 133 Å². The standard InChI is InChI=1S/C59H68N2O12.C5H13NO2/c1-43(62)36-50(37-45-25-28-51(29-26-45)71-40-46-18-9-4-10-19-46)59(68)61-53(38-44-16-7-3-8-17-44)55(64)39-49(27-31-56(65)72-41-47-20-11-5-12-21-47)58(67)60-52(54(63)24-15-33-70-35-34-69-2)30-32-57(66)73-42-48-22-13-6-14-23-48;1-7-4-5-8-3-2-6/h3-14,16-23,25-26,28-29,49-50,52-53H,15,24,27,30-42H2,1-2H3,(H,60,67)(H,61,68);2-6H2,1H3/t49-,50+,52-,53-;/m1./s1. The molecule has 17 nitrogen and oxygen atoms in total. The van der Waals surface area contributed by atoms with Crippen molar-refractivity contribution in [3.05, 3.63) is 173 Å². The zero-order valence-corrected chi connectivity index (χ0v) is 47.1. The Morgan fingerprint density at radius 1 is 0.457 bits per heavy atom. The Hall–Kier alpha value is -7.41. The topological polar surface area (TPSA) is 234 Å². The third-order valence-electron chi connectivity index (χ3n) is 12.7. The summed E-state index contributed by atoms with van der Waals surface area (Å²) in [5.41, 5.74) is 9.22. The summed E-state index contributed by atoms with van der Waals surface area (Å²) in [7, 11) is 3.20. The van der Waals surface area contributed by atoms with Gasteiger partial charge in [-0.25, -0.2) is 0 Å². The van der Waals surface area contributed by atoms with Crippen LogP contribution in [-0.4, -0.2) is 114 Å². The van der Waals surface area contributed by atoms with Gasteiger partial charge in [0.05, 0.1) is 45.1 Å². The van der Waals surface area contributed by atoms with Gasteiger partial charge in [0, 0.05) is 71.3 Å². The lowest BCUT2D eigenvalue weighted by atomic mass is 9.89. The van der Waals surface area contributed by atoms with Crippen molar-refractivity contribution in [1.82, 2.24) is 10.6 Å². The van der Waals surface area contributed by atoms with Gasteiger partial charge >= 0.3 is 11.9 Å². The quantitative estimate of drug-likeness (QED) is 0.0251. The van der Waals surface area contributed by atoms with E-state index in [1.165, 1.54) is 6.92 Å². The highest BCUT2D eigenvalue weighted by Crippen LogP contribution is 2.22. The summed E-state index contributed by atoms with van der Waals surface area (Å²) < 4.78 is 37.2. The maximum Gasteiger partial charge on any atom is 0.306 e. The lowest BCUT2D eigenvalue weighted by Crippen LogP contribution is -2.48. The summed E-state index contributed by atoms with van der Waals surface area (Å²) in [4.78, 5) is 96.1. The van der Waals surface area contributed by atoms with Crippen LogP contribution >= 0.6 is 0 Å². The van der Waals surface area contributed by atoms with Crippen LogP contribution in [0.5, 0.6) is 5.75 Å². The van der Waals surface area contributed by atoms with Gasteiger partial charge in [0.1, 0.15) is 31.4 Å². The number of Topliss-reactive ketones (excluding diaryl/α,β-unsaturated/α-hetero) is 3. The van der Waals surface area contributed by atoms with Crippen molar-refractivity contribution in [2.75, 3.05) is 60.4 Å². The van der Waals surface area contributed by atoms with Gasteiger partial charge in [-0.15, -0.1) is 0 Å². The van der Waals surface area contributed by atoms with Crippen LogP contribution in [0.15, 0.2) is 146 Å². The minimum absolute atomic E-state index is 0.000386. The molecule has 0 unspecified atom stereocenters. The van der Waals surface area contributed by atoms with Gasteiger partial charge in [-0.05, 0) is 79.0 Å². The smallest absolute Gasteiger partial charge is 0.306 e. The SMILES string of the molecule is COCCOCCCC(=O)[C@@H](CCC(=O)OCc1ccccc1)NC(=O)[C@H](CCC(=O)OCc1ccccc1)CC(=O)[C@@H](Cc1ccccc1)NC(=O)[C@@H](CC(C)=O)Cc1ccc(OCc2ccccc2)cc1.COCCOCCN. The van der Waals surface area contributed by atoms with E-state index >= 15 is 0 Å². The van der Waals surface area contributed by atoms with Crippen LogP contribution in [-0.2, 0) is 94.6 Å². The lowest BCUT2D eigenvalue weighted by Gasteiger charge is -2.25. The average Bonchev–Trinajstić information content (AvgIpc) is 3.48. The highest BCUT2D eigenvalue weighted by atomic mass is 16.5. The van der Waals surface area contributed by atoms with E-state index < -0.39 is 59.9 Å². The van der Waals surface area contributed by atoms with Crippen LogP contribution in [0.3, 0.4) is 0 Å². The van der Waals surface area contributed by atoms with Crippen molar-refractivity contribution in [2.45, 2.75) is 103 Å². The molecule has 0 saturated carbocycles. The fourth-order valence-electron chi connectivity index (χ4n) is 8.32. The molecule has 81 heavy (non-hydrogen) atoms. The van der Waals surface area contributed by atoms with E-state index in [1.54, 1.807) is 26.4 Å². The van der Waals surface area contributed by atoms with Gasteiger partial charge < -0.3 is 54.3 Å². The molecule has 0 radical (unpaired) electrons. The molecule has 17 heteroatoms. The first-order valence-corrected chi connectivity index (χ1v) is 27.5. The first kappa shape index (κ1) is 66.1. The summed E-state index contributed by atoms with van der Waals surface area (Å²) in [5.74, 6) is -4.82. The molecule has 0 saturated heterocycles. The van der Waals surface area contributed by atoms with E-state index in [0.29, 0.717) is 58.4 Å². The van der Waals surface area contributed by atoms with Gasteiger partial charge in [-0.1, -0.05) is 133 Å². The van der Waals surface area contributed by atoms with Crippen LogP contribution in [0.25, 0.3) is 0 Å². The predicted molar refractivity (Wildman–Crippen MR) is 306 cm³/mol. The molecule has 5 aromatic rings. The fourth-order valence-corrected chi connectivity index (χ4v) is 8.32. The number of amides is 2. The average molecular weight is 1120 g/mol. The molecule has 436 valence electrons. The number of hydrogen-bond acceptors (Lipinski definition) is 15. The zero-order valence-electron chi connectivity index (χ0n) is 47.1. The molecule has 0 aliphatic rings. The highest BCUT2D eigenvalue weighted by Gasteiger charge is 2.33. The predicted octanol–water partition coefficient (Wildman–Crippen LogP) is 7.86. The molecule has 0 bridgehead atoms. The van der Waals surface area contributed by atoms with Crippen molar-refractivity contribution in [2.24, 2.45) is 17.6 Å². The first-order valence-electron chi connectivity index (χ1n) is 27.5. The number of carbonyl (C=O) groups excluding carboxylic acids is 7. The molecular formula is C64H81N3O14. The van der Waals surface area contributed by atoms with Crippen molar-refractivity contribution in [3.8, 4) is 5.75 Å². The Labute approximate surface area is 476 Å². The second kappa shape index (κ2) is 39.9. The maximum atomic E-state index is 14.7. The summed E-state index contributed by atoms with van der Waals surface area (Å²) >= 11 is 0. The van der Waals surface area contributed by atoms with E-state index in [0.717, 1.165) is 27.8 Å². The number of nitrogens with one attached hydrogen (secondary N) is 2. The third kappa shape index (κ3) is 28.5. The molecule has 5 rings (SSSR count). The van der Waals surface area contributed by atoms with Gasteiger partial charge in [-0.3, -0.25) is 28.8 Å². The van der Waals surface area contributed by atoms with Crippen LogP contribution in [0.4, 0.5) is 0 Å². The monoisotopic (exact) mass is 1120 g/mol. The number of nitrogens with two attached hydrogens (primary N) is 1. The number of rotatable bonds is 39. The van der Waals surface area contributed by atoms with Gasteiger partial charge in [0.15, 0.2) is 11.6 Å². The molecule has 0 heterocycles. The number of ketones is 3. The molecule has 2 amide bonds. The molecule has 4 N–H and O–H groups in total. The molecule has 5 aromatic carbocycles. The van der Waals surface area contributed by atoms with Crippen LogP contribution < -0.4 is 21.1 Å². The van der Waals surface area contributed by atoms with Gasteiger partial charge in [0.2, 0.25) is 11.8 Å². The number of esters is 2. The molecule has 0 fully saturated rings. The van der Waals surface area contributed by atoms with E-state index in [2.05, 4.69) is 10.6 Å². The van der Waals surface area contributed by atoms with E-state index in [4.69, 9.17) is 38.9 Å². The number of carbonyl (C=O) groups is 7. The molecular weight excluding hydrogens is 1030 g/mol. The normalized spacial score (nSPS) is 12.3. The van der Waals surface area contributed by atoms with E-state index in [-0.39, 0.29) is 82.8 Å². The second-order valence-electron chi connectivity index (χ2n) is 19.3. The van der Waals surface area contributed by atoms with Crippen molar-refractivity contribution in [1.29, 1.82) is 0 Å². The maximum absolute atomic E-state index is 14.7. The molecule has 0 aromatic heterocycles. The van der Waals surface area contributed by atoms with Gasteiger partial charge in [-0.2, -0.15) is 0 Å². The number of ether oxygens (including phenoxy) is 7. The second-order valence-corrected chi connectivity index (χ2v) is 19.3. The molecule has 4 atom stereocenters. The first-order chi connectivity index (χ1) is 39.4. The third-order valence-corrected chi connectivity index (χ3v) is 12.7. The zero-order chi connectivity index (χ0) is 58.3. The van der Waals surface area contributed by atoms with Crippen LogP contribution in [0, 0.1) is 11.8 Å². The van der Waals surface area contributed by atoms with Crippen molar-refractivity contribution >= 4 is 41.1 Å². The Balaban J connectivity index is 0.00000163. The summed E-state index contributed by atoms with van der Waals surface area (Å²) in [6.07, 6.45) is -0.554. The number of hydrogen-bond donors (Lipinski definition) is 3.